The predicted molar refractivity (Wildman–Crippen MR) is 56.6 cm³/mol. The second kappa shape index (κ2) is 4.06. The highest BCUT2D eigenvalue weighted by Gasteiger charge is 2.18. The van der Waals surface area contributed by atoms with Gasteiger partial charge in [0.15, 0.2) is 0 Å². The Morgan fingerprint density at radius 1 is 1.13 bits per heavy atom. The Morgan fingerprint density at radius 2 is 1.87 bits per heavy atom. The van der Waals surface area contributed by atoms with Gasteiger partial charge in [-0.3, -0.25) is 0 Å². The van der Waals surface area contributed by atoms with Crippen molar-refractivity contribution in [3.63, 3.8) is 0 Å². The standard InChI is InChI=1S/C11H12O3S/c12-15(13,11-8-2-1-3-9-11)14-10-6-4-5-7-10/h1-3,6,8-9H,4-5,7H2. The normalized spacial score (nSPS) is 16.1. The van der Waals surface area contributed by atoms with Crippen LogP contribution in [0.1, 0.15) is 19.3 Å². The van der Waals surface area contributed by atoms with Crippen molar-refractivity contribution in [1.82, 2.24) is 0 Å². The fourth-order valence-corrected chi connectivity index (χ4v) is 2.51. The smallest absolute Gasteiger partial charge is 0.338 e. The Kier molecular flexibility index (Phi) is 2.77. The van der Waals surface area contributed by atoms with E-state index in [0.717, 1.165) is 12.8 Å². The first-order chi connectivity index (χ1) is 7.18. The van der Waals surface area contributed by atoms with Gasteiger partial charge in [-0.2, -0.15) is 8.42 Å². The fourth-order valence-electron chi connectivity index (χ4n) is 1.49. The van der Waals surface area contributed by atoms with Gasteiger partial charge in [0.2, 0.25) is 0 Å². The summed E-state index contributed by atoms with van der Waals surface area (Å²) in [4.78, 5) is 0.206. The summed E-state index contributed by atoms with van der Waals surface area (Å²) in [6.07, 6.45) is 4.42. The first kappa shape index (κ1) is 10.2. The van der Waals surface area contributed by atoms with E-state index in [1.165, 1.54) is 12.1 Å². The van der Waals surface area contributed by atoms with Gasteiger partial charge in [0.1, 0.15) is 10.7 Å². The molecule has 0 amide bonds. The van der Waals surface area contributed by atoms with Crippen LogP contribution in [0.4, 0.5) is 0 Å². The zero-order chi connectivity index (χ0) is 10.7. The van der Waals surface area contributed by atoms with E-state index in [4.69, 9.17) is 4.18 Å². The quantitative estimate of drug-likeness (QED) is 0.741. The van der Waals surface area contributed by atoms with Gasteiger partial charge in [-0.05, 0) is 31.1 Å². The van der Waals surface area contributed by atoms with E-state index < -0.39 is 10.1 Å². The molecule has 0 fully saturated rings. The number of hydrogen-bond donors (Lipinski definition) is 0. The van der Waals surface area contributed by atoms with Crippen LogP contribution in [0.3, 0.4) is 0 Å². The zero-order valence-corrected chi connectivity index (χ0v) is 9.03. The molecule has 0 aromatic heterocycles. The van der Waals surface area contributed by atoms with Crippen molar-refractivity contribution < 1.29 is 12.6 Å². The summed E-state index contributed by atoms with van der Waals surface area (Å²) in [6, 6.07) is 8.20. The first-order valence-electron chi connectivity index (χ1n) is 4.87. The molecule has 3 nitrogen and oxygen atoms in total. The Balaban J connectivity index is 2.21. The molecular weight excluding hydrogens is 212 g/mol. The molecule has 0 aliphatic heterocycles. The molecule has 0 unspecified atom stereocenters. The monoisotopic (exact) mass is 224 g/mol. The zero-order valence-electron chi connectivity index (χ0n) is 8.22. The second-order valence-electron chi connectivity index (χ2n) is 3.41. The lowest BCUT2D eigenvalue weighted by molar-refractivity contribution is 0.396. The highest BCUT2D eigenvalue weighted by Crippen LogP contribution is 2.23. The maximum absolute atomic E-state index is 11.7. The highest BCUT2D eigenvalue weighted by molar-refractivity contribution is 7.86. The van der Waals surface area contributed by atoms with Gasteiger partial charge in [0.25, 0.3) is 0 Å². The van der Waals surface area contributed by atoms with Crippen LogP contribution in [0.5, 0.6) is 0 Å². The largest absolute Gasteiger partial charge is 0.384 e. The third kappa shape index (κ3) is 2.39. The van der Waals surface area contributed by atoms with Gasteiger partial charge in [0.05, 0.1) is 0 Å². The van der Waals surface area contributed by atoms with E-state index in [0.29, 0.717) is 12.2 Å². The van der Waals surface area contributed by atoms with Gasteiger partial charge in [-0.1, -0.05) is 18.2 Å². The fraction of sp³-hybridized carbons (Fsp3) is 0.273. The maximum Gasteiger partial charge on any atom is 0.338 e. The van der Waals surface area contributed by atoms with Crippen LogP contribution < -0.4 is 0 Å². The van der Waals surface area contributed by atoms with Crippen molar-refractivity contribution in [2.75, 3.05) is 0 Å². The summed E-state index contributed by atoms with van der Waals surface area (Å²) in [5, 5.41) is 0. The van der Waals surface area contributed by atoms with Gasteiger partial charge >= 0.3 is 10.1 Å². The molecule has 0 N–H and O–H groups in total. The third-order valence-electron chi connectivity index (χ3n) is 2.25. The molecule has 1 aromatic carbocycles. The van der Waals surface area contributed by atoms with Gasteiger partial charge < -0.3 is 4.18 Å². The lowest BCUT2D eigenvalue weighted by Gasteiger charge is -2.06. The van der Waals surface area contributed by atoms with E-state index in [-0.39, 0.29) is 4.90 Å². The van der Waals surface area contributed by atoms with Crippen LogP contribution in [-0.4, -0.2) is 8.42 Å². The lowest BCUT2D eigenvalue weighted by Crippen LogP contribution is -2.05. The van der Waals surface area contributed by atoms with Gasteiger partial charge in [-0.25, -0.2) is 0 Å². The van der Waals surface area contributed by atoms with Crippen molar-refractivity contribution in [3.8, 4) is 0 Å². The number of rotatable bonds is 3. The Hall–Kier alpha value is -1.29. The average molecular weight is 224 g/mol. The molecule has 15 heavy (non-hydrogen) atoms. The van der Waals surface area contributed by atoms with E-state index >= 15 is 0 Å². The van der Waals surface area contributed by atoms with Crippen molar-refractivity contribution in [2.45, 2.75) is 24.2 Å². The predicted octanol–water partition coefficient (Wildman–Crippen LogP) is 2.46. The molecule has 4 heteroatoms. The second-order valence-corrected chi connectivity index (χ2v) is 4.96. The minimum Gasteiger partial charge on any atom is -0.384 e. The van der Waals surface area contributed by atoms with Crippen LogP contribution in [0.15, 0.2) is 47.1 Å². The van der Waals surface area contributed by atoms with Crippen LogP contribution in [-0.2, 0) is 14.3 Å². The minimum atomic E-state index is -3.61. The van der Waals surface area contributed by atoms with Crippen LogP contribution >= 0.6 is 0 Å². The molecule has 2 rings (SSSR count). The van der Waals surface area contributed by atoms with Crippen molar-refractivity contribution in [3.05, 3.63) is 42.2 Å². The summed E-state index contributed by atoms with van der Waals surface area (Å²) in [5.74, 6) is 0.568. The molecule has 0 atom stereocenters. The molecule has 0 radical (unpaired) electrons. The van der Waals surface area contributed by atoms with Crippen LogP contribution in [0, 0.1) is 0 Å². The summed E-state index contributed by atoms with van der Waals surface area (Å²) in [5.41, 5.74) is 0. The molecule has 0 bridgehead atoms. The van der Waals surface area contributed by atoms with E-state index in [9.17, 15) is 8.42 Å². The Labute approximate surface area is 89.5 Å². The Bertz CT molecular complexity index is 460. The molecule has 0 heterocycles. The molecule has 0 saturated heterocycles. The first-order valence-corrected chi connectivity index (χ1v) is 6.28. The third-order valence-corrected chi connectivity index (χ3v) is 3.53. The van der Waals surface area contributed by atoms with Crippen molar-refractivity contribution in [1.29, 1.82) is 0 Å². The average Bonchev–Trinajstić information content (AvgIpc) is 2.71. The van der Waals surface area contributed by atoms with Crippen LogP contribution in [0.2, 0.25) is 0 Å². The van der Waals surface area contributed by atoms with E-state index in [2.05, 4.69) is 0 Å². The van der Waals surface area contributed by atoms with E-state index in [1.54, 1.807) is 18.2 Å². The number of hydrogen-bond acceptors (Lipinski definition) is 3. The summed E-state index contributed by atoms with van der Waals surface area (Å²) in [7, 11) is -3.61. The maximum atomic E-state index is 11.7. The van der Waals surface area contributed by atoms with Crippen LogP contribution in [0.25, 0.3) is 0 Å². The minimum absolute atomic E-state index is 0.206. The Morgan fingerprint density at radius 3 is 2.47 bits per heavy atom. The topological polar surface area (TPSA) is 43.4 Å². The van der Waals surface area contributed by atoms with Crippen molar-refractivity contribution >= 4 is 10.1 Å². The molecule has 0 saturated carbocycles. The lowest BCUT2D eigenvalue weighted by atomic mass is 10.4. The highest BCUT2D eigenvalue weighted by atomic mass is 32.2. The molecule has 80 valence electrons. The number of allylic oxidation sites excluding steroid dienone is 2. The molecule has 0 spiro atoms. The summed E-state index contributed by atoms with van der Waals surface area (Å²) in [6.45, 7) is 0. The molecule has 1 aliphatic carbocycles. The molecule has 1 aromatic rings. The van der Waals surface area contributed by atoms with Gasteiger partial charge in [0, 0.05) is 6.42 Å². The molecule has 1 aliphatic rings. The molecular formula is C11H12O3S. The van der Waals surface area contributed by atoms with Crippen molar-refractivity contribution in [2.24, 2.45) is 0 Å². The summed E-state index contributed by atoms with van der Waals surface area (Å²) < 4.78 is 28.5. The number of benzene rings is 1. The van der Waals surface area contributed by atoms with E-state index in [1.807, 2.05) is 6.08 Å². The van der Waals surface area contributed by atoms with Gasteiger partial charge in [-0.15, -0.1) is 0 Å². The SMILES string of the molecule is O=S(=O)(OC1=CCCC1)c1ccccc1. The summed E-state index contributed by atoms with van der Waals surface area (Å²) >= 11 is 0.